The molecule has 0 aliphatic heterocycles. The lowest BCUT2D eigenvalue weighted by molar-refractivity contribution is 0.953. The molecule has 0 fully saturated rings. The van der Waals surface area contributed by atoms with E-state index in [1.807, 2.05) is 38.1 Å². The maximum atomic E-state index is 11.0. The van der Waals surface area contributed by atoms with Gasteiger partial charge in [-0.2, -0.15) is 4.68 Å². The molecule has 0 aliphatic rings. The van der Waals surface area contributed by atoms with Crippen LogP contribution in [0.4, 0.5) is 0 Å². The quantitative estimate of drug-likeness (QED) is 0.576. The van der Waals surface area contributed by atoms with Gasteiger partial charge in [0.2, 0.25) is 0 Å². The standard InChI is InChI=1S/C14H12N2O/c1-9-3-5-13-11(7-9)12-8-10(2)4-6-14(12)16(13)15-17/h3-8H,1-2H3. The highest BCUT2D eigenvalue weighted by atomic mass is 16.3. The fraction of sp³-hybridized carbons (Fsp3) is 0.143. The van der Waals surface area contributed by atoms with Gasteiger partial charge in [-0.15, -0.1) is 4.91 Å². The second-order valence-electron chi connectivity index (χ2n) is 4.43. The van der Waals surface area contributed by atoms with Gasteiger partial charge in [-0.3, -0.25) is 0 Å². The molecule has 0 spiro atoms. The number of rotatable bonds is 1. The van der Waals surface area contributed by atoms with Crippen LogP contribution in [0.3, 0.4) is 0 Å². The molecule has 0 amide bonds. The van der Waals surface area contributed by atoms with E-state index in [-0.39, 0.29) is 0 Å². The van der Waals surface area contributed by atoms with Gasteiger partial charge in [0, 0.05) is 10.8 Å². The first kappa shape index (κ1) is 10.0. The maximum absolute atomic E-state index is 11.0. The molecule has 0 unspecified atom stereocenters. The molecule has 84 valence electrons. The molecule has 2 aromatic carbocycles. The zero-order valence-corrected chi connectivity index (χ0v) is 9.77. The van der Waals surface area contributed by atoms with Crippen molar-refractivity contribution >= 4 is 21.8 Å². The smallest absolute Gasteiger partial charge is 0.0764 e. The number of nitrogens with zero attached hydrogens (tertiary/aromatic N) is 2. The Hall–Kier alpha value is -2.16. The highest BCUT2D eigenvalue weighted by Gasteiger charge is 2.10. The van der Waals surface area contributed by atoms with Crippen LogP contribution in [0.2, 0.25) is 0 Å². The number of hydrogen-bond acceptors (Lipinski definition) is 2. The van der Waals surface area contributed by atoms with Crippen LogP contribution in [-0.4, -0.2) is 4.68 Å². The van der Waals surface area contributed by atoms with E-state index in [1.165, 1.54) is 15.8 Å². The van der Waals surface area contributed by atoms with Gasteiger partial charge in [0.15, 0.2) is 0 Å². The average molecular weight is 224 g/mol. The summed E-state index contributed by atoms with van der Waals surface area (Å²) < 4.78 is 1.46. The van der Waals surface area contributed by atoms with Crippen LogP contribution >= 0.6 is 0 Å². The molecule has 3 nitrogen and oxygen atoms in total. The van der Waals surface area contributed by atoms with Crippen molar-refractivity contribution in [2.75, 3.05) is 0 Å². The number of aryl methyl sites for hydroxylation is 2. The molecule has 1 aromatic heterocycles. The predicted octanol–water partition coefficient (Wildman–Crippen LogP) is 3.94. The highest BCUT2D eigenvalue weighted by molar-refractivity contribution is 6.08. The van der Waals surface area contributed by atoms with E-state index in [0.717, 1.165) is 21.8 Å². The van der Waals surface area contributed by atoms with Crippen LogP contribution in [0.15, 0.2) is 41.7 Å². The Morgan fingerprint density at radius 3 is 1.76 bits per heavy atom. The normalized spacial score (nSPS) is 11.2. The molecular formula is C14H12N2O. The Labute approximate surface area is 98.6 Å². The number of nitroso groups, excluding NO2 is 1. The van der Waals surface area contributed by atoms with E-state index in [4.69, 9.17) is 0 Å². The van der Waals surface area contributed by atoms with Crippen molar-refractivity contribution in [1.82, 2.24) is 4.68 Å². The topological polar surface area (TPSA) is 34.4 Å². The van der Waals surface area contributed by atoms with Crippen molar-refractivity contribution in [3.63, 3.8) is 0 Å². The van der Waals surface area contributed by atoms with Crippen LogP contribution in [0.25, 0.3) is 21.8 Å². The molecule has 0 atom stereocenters. The largest absolute Gasteiger partial charge is 0.196 e. The molecule has 3 heteroatoms. The fourth-order valence-corrected chi connectivity index (χ4v) is 2.32. The van der Waals surface area contributed by atoms with Crippen molar-refractivity contribution in [3.05, 3.63) is 52.4 Å². The van der Waals surface area contributed by atoms with Gasteiger partial charge in [0.1, 0.15) is 0 Å². The molecule has 3 rings (SSSR count). The molecule has 0 saturated carbocycles. The maximum Gasteiger partial charge on any atom is 0.0764 e. The van der Waals surface area contributed by atoms with Crippen molar-refractivity contribution < 1.29 is 0 Å². The zero-order chi connectivity index (χ0) is 12.0. The van der Waals surface area contributed by atoms with Crippen LogP contribution in [-0.2, 0) is 0 Å². The van der Waals surface area contributed by atoms with E-state index in [9.17, 15) is 4.91 Å². The molecule has 1 heterocycles. The minimum absolute atomic E-state index is 0.867. The minimum atomic E-state index is 0.867. The van der Waals surface area contributed by atoms with Gasteiger partial charge in [0.25, 0.3) is 0 Å². The van der Waals surface area contributed by atoms with Gasteiger partial charge in [-0.05, 0) is 38.1 Å². The third-order valence-corrected chi connectivity index (χ3v) is 3.13. The SMILES string of the molecule is Cc1ccc2c(c1)c1cc(C)ccc1n2N=O. The van der Waals surface area contributed by atoms with Crippen LogP contribution < -0.4 is 0 Å². The lowest BCUT2D eigenvalue weighted by Crippen LogP contribution is -1.85. The molecule has 3 aromatic rings. The fourth-order valence-electron chi connectivity index (χ4n) is 2.32. The van der Waals surface area contributed by atoms with Gasteiger partial charge in [-0.25, -0.2) is 0 Å². The average Bonchev–Trinajstić information content (AvgIpc) is 2.62. The van der Waals surface area contributed by atoms with Gasteiger partial charge in [-0.1, -0.05) is 23.3 Å². The van der Waals surface area contributed by atoms with Gasteiger partial charge in [0.05, 0.1) is 16.3 Å². The first-order valence-electron chi connectivity index (χ1n) is 5.56. The lowest BCUT2D eigenvalue weighted by atomic mass is 10.1. The molecule has 0 saturated heterocycles. The summed E-state index contributed by atoms with van der Waals surface area (Å²) in [5.41, 5.74) is 4.10. The van der Waals surface area contributed by atoms with Crippen LogP contribution in [0.5, 0.6) is 0 Å². The number of hydrogen-bond donors (Lipinski definition) is 0. The van der Waals surface area contributed by atoms with Gasteiger partial charge >= 0.3 is 0 Å². The summed E-state index contributed by atoms with van der Waals surface area (Å²) in [6.45, 7) is 4.10. The zero-order valence-electron chi connectivity index (χ0n) is 9.77. The summed E-state index contributed by atoms with van der Waals surface area (Å²) in [5.74, 6) is 0. The summed E-state index contributed by atoms with van der Waals surface area (Å²) in [4.78, 5) is 11.0. The molecule has 0 aliphatic carbocycles. The molecular weight excluding hydrogens is 212 g/mol. The highest BCUT2D eigenvalue weighted by Crippen LogP contribution is 2.30. The Morgan fingerprint density at radius 2 is 1.35 bits per heavy atom. The number of benzene rings is 2. The summed E-state index contributed by atoms with van der Waals surface area (Å²) >= 11 is 0. The summed E-state index contributed by atoms with van der Waals surface area (Å²) in [7, 11) is 0. The minimum Gasteiger partial charge on any atom is -0.196 e. The first-order valence-corrected chi connectivity index (χ1v) is 5.56. The van der Waals surface area contributed by atoms with Crippen molar-refractivity contribution in [3.8, 4) is 0 Å². The summed E-state index contributed by atoms with van der Waals surface area (Å²) in [6, 6.07) is 12.1. The Balaban J connectivity index is 2.61. The third-order valence-electron chi connectivity index (χ3n) is 3.13. The Kier molecular flexibility index (Phi) is 2.01. The molecule has 0 bridgehead atoms. The van der Waals surface area contributed by atoms with Crippen molar-refractivity contribution in [2.24, 2.45) is 5.29 Å². The van der Waals surface area contributed by atoms with Crippen LogP contribution in [0.1, 0.15) is 11.1 Å². The van der Waals surface area contributed by atoms with Crippen LogP contribution in [0, 0.1) is 18.8 Å². The lowest BCUT2D eigenvalue weighted by Gasteiger charge is -1.94. The molecule has 17 heavy (non-hydrogen) atoms. The third kappa shape index (κ3) is 1.35. The van der Waals surface area contributed by atoms with E-state index >= 15 is 0 Å². The Morgan fingerprint density at radius 1 is 0.882 bits per heavy atom. The van der Waals surface area contributed by atoms with E-state index in [1.54, 1.807) is 0 Å². The number of fused-ring (bicyclic) bond motifs is 3. The summed E-state index contributed by atoms with van der Waals surface area (Å²) in [5, 5.41) is 5.29. The van der Waals surface area contributed by atoms with E-state index in [2.05, 4.69) is 17.4 Å². The molecule has 0 N–H and O–H groups in total. The van der Waals surface area contributed by atoms with Gasteiger partial charge < -0.3 is 0 Å². The monoisotopic (exact) mass is 224 g/mol. The van der Waals surface area contributed by atoms with Crippen molar-refractivity contribution in [1.29, 1.82) is 0 Å². The summed E-state index contributed by atoms with van der Waals surface area (Å²) in [6.07, 6.45) is 0. The predicted molar refractivity (Wildman–Crippen MR) is 70.1 cm³/mol. The second kappa shape index (κ2) is 3.42. The second-order valence-corrected chi connectivity index (χ2v) is 4.43. The van der Waals surface area contributed by atoms with E-state index < -0.39 is 0 Å². The van der Waals surface area contributed by atoms with Crippen molar-refractivity contribution in [2.45, 2.75) is 13.8 Å². The van der Waals surface area contributed by atoms with E-state index in [0.29, 0.717) is 0 Å². The number of aromatic nitrogens is 1. The Bertz CT molecular complexity index is 681. The first-order chi connectivity index (χ1) is 8.20. The molecule has 0 radical (unpaired) electrons.